The number of benzene rings is 2. The molecule has 41 heavy (non-hydrogen) atoms. The molecule has 2 saturated heterocycles. The third-order valence-corrected chi connectivity index (χ3v) is 7.53. The SMILES string of the molecule is C=CC(C=C)COc1cc(OC2CCN(C(=O)CCN3CCN(c4ccc(F)cc4F)CC3)CC2)ccc1[N+](=O)[O-]. The molecular weight excluding hydrogens is 534 g/mol. The van der Waals surface area contributed by atoms with E-state index < -0.39 is 16.6 Å². The van der Waals surface area contributed by atoms with Crippen LogP contribution in [0.1, 0.15) is 19.3 Å². The van der Waals surface area contributed by atoms with E-state index in [0.29, 0.717) is 76.5 Å². The fraction of sp³-hybridized carbons (Fsp3) is 0.433. The van der Waals surface area contributed by atoms with Gasteiger partial charge >= 0.3 is 5.69 Å². The molecule has 0 saturated carbocycles. The molecule has 2 fully saturated rings. The average molecular weight is 571 g/mol. The fourth-order valence-electron chi connectivity index (χ4n) is 5.03. The van der Waals surface area contributed by atoms with E-state index in [2.05, 4.69) is 18.1 Å². The Morgan fingerprint density at radius 1 is 1.05 bits per heavy atom. The van der Waals surface area contributed by atoms with Crippen molar-refractivity contribution in [2.45, 2.75) is 25.4 Å². The van der Waals surface area contributed by atoms with E-state index in [4.69, 9.17) is 9.47 Å². The first kappa shape index (κ1) is 30.0. The maximum Gasteiger partial charge on any atom is 0.311 e. The van der Waals surface area contributed by atoms with Crippen LogP contribution in [0, 0.1) is 27.7 Å². The van der Waals surface area contributed by atoms with Crippen LogP contribution in [0.15, 0.2) is 61.7 Å². The lowest BCUT2D eigenvalue weighted by Gasteiger charge is -2.37. The number of piperidine rings is 1. The second-order valence-electron chi connectivity index (χ2n) is 10.2. The van der Waals surface area contributed by atoms with Crippen LogP contribution in [0.5, 0.6) is 11.5 Å². The molecule has 0 atom stereocenters. The molecule has 0 aromatic heterocycles. The number of piperazine rings is 1. The summed E-state index contributed by atoms with van der Waals surface area (Å²) in [6.45, 7) is 12.0. The molecule has 11 heteroatoms. The summed E-state index contributed by atoms with van der Waals surface area (Å²) in [7, 11) is 0. The summed E-state index contributed by atoms with van der Waals surface area (Å²) in [4.78, 5) is 29.7. The molecule has 0 radical (unpaired) electrons. The Bertz CT molecular complexity index is 1240. The number of carbonyl (C=O) groups excluding carboxylic acids is 1. The highest BCUT2D eigenvalue weighted by Crippen LogP contribution is 2.33. The van der Waals surface area contributed by atoms with Crippen LogP contribution < -0.4 is 14.4 Å². The molecule has 220 valence electrons. The number of nitro benzene ring substituents is 1. The third-order valence-electron chi connectivity index (χ3n) is 7.53. The average Bonchev–Trinajstić information content (AvgIpc) is 2.97. The molecule has 2 aliphatic rings. The highest BCUT2D eigenvalue weighted by atomic mass is 19.1. The van der Waals surface area contributed by atoms with Crippen molar-refractivity contribution in [3.8, 4) is 11.5 Å². The van der Waals surface area contributed by atoms with E-state index in [-0.39, 0.29) is 36.0 Å². The number of hydrogen-bond acceptors (Lipinski definition) is 7. The maximum absolute atomic E-state index is 14.1. The number of ether oxygens (including phenoxy) is 2. The highest BCUT2D eigenvalue weighted by Gasteiger charge is 2.26. The lowest BCUT2D eigenvalue weighted by Crippen LogP contribution is -2.48. The summed E-state index contributed by atoms with van der Waals surface area (Å²) >= 11 is 0. The van der Waals surface area contributed by atoms with Crippen molar-refractivity contribution in [2.75, 3.05) is 57.3 Å². The van der Waals surface area contributed by atoms with Crippen molar-refractivity contribution in [2.24, 2.45) is 5.92 Å². The van der Waals surface area contributed by atoms with Gasteiger partial charge in [0.05, 0.1) is 17.2 Å². The van der Waals surface area contributed by atoms with Crippen molar-refractivity contribution >= 4 is 17.3 Å². The van der Waals surface area contributed by atoms with Crippen LogP contribution in [-0.2, 0) is 4.79 Å². The molecule has 9 nitrogen and oxygen atoms in total. The molecule has 0 N–H and O–H groups in total. The summed E-state index contributed by atoms with van der Waals surface area (Å²) in [5, 5.41) is 11.4. The minimum atomic E-state index is -0.591. The molecule has 4 rings (SSSR count). The zero-order chi connectivity index (χ0) is 29.4. The monoisotopic (exact) mass is 570 g/mol. The van der Waals surface area contributed by atoms with Crippen molar-refractivity contribution in [3.05, 3.63) is 83.5 Å². The third kappa shape index (κ3) is 8.03. The van der Waals surface area contributed by atoms with Gasteiger partial charge in [0.15, 0.2) is 0 Å². The minimum Gasteiger partial charge on any atom is -0.490 e. The van der Waals surface area contributed by atoms with Gasteiger partial charge in [0.2, 0.25) is 11.7 Å². The van der Waals surface area contributed by atoms with Gasteiger partial charge in [0.1, 0.15) is 23.5 Å². The summed E-state index contributed by atoms with van der Waals surface area (Å²) in [6, 6.07) is 8.09. The zero-order valence-corrected chi connectivity index (χ0v) is 23.1. The fourth-order valence-corrected chi connectivity index (χ4v) is 5.03. The second kappa shape index (κ2) is 14.1. The Balaban J connectivity index is 1.21. The predicted molar refractivity (Wildman–Crippen MR) is 152 cm³/mol. The van der Waals surface area contributed by atoms with Crippen LogP contribution in [0.4, 0.5) is 20.2 Å². The first-order chi connectivity index (χ1) is 19.8. The lowest BCUT2D eigenvalue weighted by molar-refractivity contribution is -0.385. The van der Waals surface area contributed by atoms with Crippen molar-refractivity contribution in [3.63, 3.8) is 0 Å². The van der Waals surface area contributed by atoms with Crippen LogP contribution >= 0.6 is 0 Å². The zero-order valence-electron chi connectivity index (χ0n) is 23.1. The second-order valence-corrected chi connectivity index (χ2v) is 10.2. The quantitative estimate of drug-likeness (QED) is 0.205. The van der Waals surface area contributed by atoms with Gasteiger partial charge in [-0.3, -0.25) is 19.8 Å². The lowest BCUT2D eigenvalue weighted by atomic mass is 10.1. The maximum atomic E-state index is 14.1. The van der Waals surface area contributed by atoms with E-state index in [1.54, 1.807) is 18.2 Å². The minimum absolute atomic E-state index is 0.0838. The number of rotatable bonds is 12. The first-order valence-electron chi connectivity index (χ1n) is 13.8. The van der Waals surface area contributed by atoms with Gasteiger partial charge in [-0.25, -0.2) is 8.78 Å². The van der Waals surface area contributed by atoms with Crippen LogP contribution in [0.25, 0.3) is 0 Å². The van der Waals surface area contributed by atoms with E-state index in [1.807, 2.05) is 9.80 Å². The largest absolute Gasteiger partial charge is 0.490 e. The number of nitro groups is 1. The molecule has 2 aliphatic heterocycles. The molecule has 0 aliphatic carbocycles. The van der Waals surface area contributed by atoms with Gasteiger partial charge in [-0.05, 0) is 18.2 Å². The van der Waals surface area contributed by atoms with Gasteiger partial charge in [0, 0.05) is 89.2 Å². The van der Waals surface area contributed by atoms with Crippen molar-refractivity contribution < 1.29 is 28.0 Å². The first-order valence-corrected chi connectivity index (χ1v) is 13.8. The summed E-state index contributed by atoms with van der Waals surface area (Å²) in [6.07, 6.45) is 4.89. The standard InChI is InChI=1S/C30H36F2N4O5/c1-3-22(4-2)21-40-29-20-25(6-8-28(29)36(38)39)41-24-9-13-35(14-10-24)30(37)11-12-33-15-17-34(18-16-33)27-7-5-23(31)19-26(27)32/h3-8,19-20,22,24H,1-2,9-18,21H2. The molecule has 0 unspecified atom stereocenters. The number of likely N-dealkylation sites (tertiary alicyclic amines) is 1. The number of nitrogens with zero attached hydrogens (tertiary/aromatic N) is 4. The van der Waals surface area contributed by atoms with Gasteiger partial charge in [-0.2, -0.15) is 0 Å². The molecule has 2 aromatic rings. The molecule has 1 amide bonds. The number of hydrogen-bond donors (Lipinski definition) is 0. The van der Waals surface area contributed by atoms with E-state index in [9.17, 15) is 23.7 Å². The molecular formula is C30H36F2N4O5. The van der Waals surface area contributed by atoms with Crippen LogP contribution in [-0.4, -0.2) is 79.2 Å². The normalized spacial score (nSPS) is 16.5. The molecule has 0 spiro atoms. The Labute approximate surface area is 238 Å². The number of anilines is 1. The van der Waals surface area contributed by atoms with Crippen LogP contribution in [0.3, 0.4) is 0 Å². The number of halogens is 2. The Kier molecular flexibility index (Phi) is 10.3. The van der Waals surface area contributed by atoms with Crippen LogP contribution in [0.2, 0.25) is 0 Å². The van der Waals surface area contributed by atoms with Crippen molar-refractivity contribution in [1.29, 1.82) is 0 Å². The smallest absolute Gasteiger partial charge is 0.311 e. The Morgan fingerprint density at radius 2 is 1.76 bits per heavy atom. The van der Waals surface area contributed by atoms with E-state index >= 15 is 0 Å². The summed E-state index contributed by atoms with van der Waals surface area (Å²) in [5.74, 6) is -0.613. The molecule has 2 aromatic carbocycles. The highest BCUT2D eigenvalue weighted by molar-refractivity contribution is 5.76. The van der Waals surface area contributed by atoms with E-state index in [0.717, 1.165) is 6.07 Å². The number of amides is 1. The summed E-state index contributed by atoms with van der Waals surface area (Å²) in [5.41, 5.74) is 0.257. The topological polar surface area (TPSA) is 88.4 Å². The predicted octanol–water partition coefficient (Wildman–Crippen LogP) is 4.82. The van der Waals surface area contributed by atoms with E-state index in [1.165, 1.54) is 24.3 Å². The Morgan fingerprint density at radius 3 is 2.39 bits per heavy atom. The molecule has 2 heterocycles. The van der Waals surface area contributed by atoms with Gasteiger partial charge in [0.25, 0.3) is 0 Å². The van der Waals surface area contributed by atoms with Gasteiger partial charge in [-0.15, -0.1) is 13.2 Å². The molecule has 0 bridgehead atoms. The van der Waals surface area contributed by atoms with Gasteiger partial charge < -0.3 is 19.3 Å². The van der Waals surface area contributed by atoms with Gasteiger partial charge in [-0.1, -0.05) is 12.2 Å². The summed E-state index contributed by atoms with van der Waals surface area (Å²) < 4.78 is 39.1. The van der Waals surface area contributed by atoms with Crippen molar-refractivity contribution in [1.82, 2.24) is 9.80 Å². The Hall–Kier alpha value is -3.99. The number of carbonyl (C=O) groups is 1.